The summed E-state index contributed by atoms with van der Waals surface area (Å²) in [5.74, 6) is -1.06. The number of hydrogen-bond donors (Lipinski definition) is 3. The van der Waals surface area contributed by atoms with Crippen LogP contribution in [0, 0.1) is 6.92 Å². The van der Waals surface area contributed by atoms with Crippen molar-refractivity contribution in [1.29, 1.82) is 0 Å². The maximum absolute atomic E-state index is 11.7. The van der Waals surface area contributed by atoms with E-state index in [9.17, 15) is 9.59 Å². The summed E-state index contributed by atoms with van der Waals surface area (Å²) in [5.41, 5.74) is 1.70. The van der Waals surface area contributed by atoms with Gasteiger partial charge in [-0.1, -0.05) is 17.7 Å². The Balaban J connectivity index is 2.29. The summed E-state index contributed by atoms with van der Waals surface area (Å²) in [4.78, 5) is 22.2. The molecule has 98 valence electrons. The molecule has 18 heavy (non-hydrogen) atoms. The van der Waals surface area contributed by atoms with E-state index in [0.29, 0.717) is 18.7 Å². The molecule has 5 heteroatoms. The first-order valence-electron chi connectivity index (χ1n) is 5.82. The van der Waals surface area contributed by atoms with E-state index in [1.807, 2.05) is 19.1 Å². The molecule has 1 atom stereocenters. The molecule has 1 amide bonds. The van der Waals surface area contributed by atoms with E-state index in [2.05, 4.69) is 10.6 Å². The van der Waals surface area contributed by atoms with Gasteiger partial charge in [0.05, 0.1) is 0 Å². The topological polar surface area (TPSA) is 78.4 Å². The Kier molecular flexibility index (Phi) is 5.32. The SMILES string of the molecule is Cc1ccc(C(=O)NCCNC(C)C(=O)O)cc1. The highest BCUT2D eigenvalue weighted by molar-refractivity contribution is 5.94. The van der Waals surface area contributed by atoms with Crippen LogP contribution in [0.3, 0.4) is 0 Å². The fraction of sp³-hybridized carbons (Fsp3) is 0.385. The van der Waals surface area contributed by atoms with E-state index in [0.717, 1.165) is 5.56 Å². The molecule has 3 N–H and O–H groups in total. The Morgan fingerprint density at radius 1 is 1.22 bits per heavy atom. The predicted octanol–water partition coefficient (Wildman–Crippen LogP) is 0.788. The number of aryl methyl sites for hydroxylation is 1. The molecule has 0 fully saturated rings. The Morgan fingerprint density at radius 3 is 2.39 bits per heavy atom. The van der Waals surface area contributed by atoms with E-state index in [-0.39, 0.29) is 5.91 Å². The van der Waals surface area contributed by atoms with Gasteiger partial charge in [0.2, 0.25) is 0 Å². The molecule has 0 aliphatic rings. The van der Waals surface area contributed by atoms with Crippen molar-refractivity contribution >= 4 is 11.9 Å². The van der Waals surface area contributed by atoms with Crippen molar-refractivity contribution in [3.05, 3.63) is 35.4 Å². The van der Waals surface area contributed by atoms with Crippen molar-refractivity contribution in [2.45, 2.75) is 19.9 Å². The van der Waals surface area contributed by atoms with Crippen molar-refractivity contribution < 1.29 is 14.7 Å². The van der Waals surface area contributed by atoms with Crippen molar-refractivity contribution in [3.8, 4) is 0 Å². The number of carboxylic acids is 1. The maximum Gasteiger partial charge on any atom is 0.320 e. The largest absolute Gasteiger partial charge is 0.480 e. The molecule has 1 aromatic rings. The smallest absolute Gasteiger partial charge is 0.320 e. The molecule has 0 saturated heterocycles. The third-order valence-corrected chi connectivity index (χ3v) is 2.55. The zero-order chi connectivity index (χ0) is 13.5. The normalized spacial score (nSPS) is 11.9. The van der Waals surface area contributed by atoms with Crippen LogP contribution in [0.15, 0.2) is 24.3 Å². The zero-order valence-corrected chi connectivity index (χ0v) is 10.6. The van der Waals surface area contributed by atoms with Crippen LogP contribution < -0.4 is 10.6 Å². The number of carboxylic acid groups (broad SMARTS) is 1. The summed E-state index contributed by atoms with van der Waals surface area (Å²) >= 11 is 0. The van der Waals surface area contributed by atoms with Gasteiger partial charge >= 0.3 is 5.97 Å². The molecule has 0 aliphatic heterocycles. The van der Waals surface area contributed by atoms with Crippen LogP contribution in [0.1, 0.15) is 22.8 Å². The third-order valence-electron chi connectivity index (χ3n) is 2.55. The van der Waals surface area contributed by atoms with E-state index in [1.165, 1.54) is 0 Å². The van der Waals surface area contributed by atoms with Crippen LogP contribution in [-0.4, -0.2) is 36.1 Å². The minimum Gasteiger partial charge on any atom is -0.480 e. The lowest BCUT2D eigenvalue weighted by molar-refractivity contribution is -0.138. The van der Waals surface area contributed by atoms with E-state index < -0.39 is 12.0 Å². The number of hydrogen-bond acceptors (Lipinski definition) is 3. The van der Waals surface area contributed by atoms with E-state index >= 15 is 0 Å². The molecular formula is C13H18N2O3. The average molecular weight is 250 g/mol. The maximum atomic E-state index is 11.7. The van der Waals surface area contributed by atoms with Gasteiger partial charge in [-0.15, -0.1) is 0 Å². The van der Waals surface area contributed by atoms with Gasteiger partial charge < -0.3 is 15.7 Å². The molecule has 0 radical (unpaired) electrons. The first-order valence-corrected chi connectivity index (χ1v) is 5.82. The molecular weight excluding hydrogens is 232 g/mol. The lowest BCUT2D eigenvalue weighted by Gasteiger charge is -2.09. The number of rotatable bonds is 6. The second kappa shape index (κ2) is 6.76. The standard InChI is InChI=1S/C13H18N2O3/c1-9-3-5-11(6-4-9)12(16)15-8-7-14-10(2)13(17)18/h3-6,10,14H,7-8H2,1-2H3,(H,15,16)(H,17,18). The average Bonchev–Trinajstić information content (AvgIpc) is 2.34. The molecule has 0 aliphatic carbocycles. The van der Waals surface area contributed by atoms with Crippen LogP contribution in [0.5, 0.6) is 0 Å². The van der Waals surface area contributed by atoms with Crippen molar-refractivity contribution in [2.24, 2.45) is 0 Å². The lowest BCUT2D eigenvalue weighted by atomic mass is 10.1. The predicted molar refractivity (Wildman–Crippen MR) is 68.6 cm³/mol. The van der Waals surface area contributed by atoms with Crippen LogP contribution in [0.4, 0.5) is 0 Å². The van der Waals surface area contributed by atoms with Crippen LogP contribution in [0.2, 0.25) is 0 Å². The van der Waals surface area contributed by atoms with Gasteiger partial charge in [0.25, 0.3) is 5.91 Å². The number of benzene rings is 1. The number of aliphatic carboxylic acids is 1. The van der Waals surface area contributed by atoms with Gasteiger partial charge in [0, 0.05) is 18.7 Å². The molecule has 0 saturated carbocycles. The van der Waals surface area contributed by atoms with Crippen molar-refractivity contribution in [1.82, 2.24) is 10.6 Å². The third kappa shape index (κ3) is 4.55. The van der Waals surface area contributed by atoms with Crippen molar-refractivity contribution in [2.75, 3.05) is 13.1 Å². The summed E-state index contributed by atoms with van der Waals surface area (Å²) < 4.78 is 0. The first-order chi connectivity index (χ1) is 8.50. The van der Waals surface area contributed by atoms with Gasteiger partial charge in [-0.2, -0.15) is 0 Å². The number of carbonyl (C=O) groups excluding carboxylic acids is 1. The van der Waals surface area contributed by atoms with Crippen molar-refractivity contribution in [3.63, 3.8) is 0 Å². The minimum absolute atomic E-state index is 0.153. The second-order valence-corrected chi connectivity index (χ2v) is 4.14. The molecule has 0 aromatic heterocycles. The monoisotopic (exact) mass is 250 g/mol. The number of amides is 1. The summed E-state index contributed by atoms with van der Waals surface area (Å²) in [7, 11) is 0. The molecule has 0 heterocycles. The van der Waals surface area contributed by atoms with Crippen LogP contribution in [-0.2, 0) is 4.79 Å². The number of nitrogens with one attached hydrogen (secondary N) is 2. The van der Waals surface area contributed by atoms with Gasteiger partial charge in [-0.3, -0.25) is 9.59 Å². The molecule has 5 nitrogen and oxygen atoms in total. The Bertz CT molecular complexity index is 415. The highest BCUT2D eigenvalue weighted by Gasteiger charge is 2.09. The summed E-state index contributed by atoms with van der Waals surface area (Å²) in [6.45, 7) is 4.33. The fourth-order valence-corrected chi connectivity index (χ4v) is 1.36. The summed E-state index contributed by atoms with van der Waals surface area (Å²) in [6, 6.07) is 6.66. The second-order valence-electron chi connectivity index (χ2n) is 4.14. The van der Waals surface area contributed by atoms with Gasteiger partial charge in [0.15, 0.2) is 0 Å². The first kappa shape index (κ1) is 14.2. The molecule has 0 spiro atoms. The molecule has 1 unspecified atom stereocenters. The minimum atomic E-state index is -0.903. The van der Waals surface area contributed by atoms with Gasteiger partial charge in [-0.25, -0.2) is 0 Å². The molecule has 0 bridgehead atoms. The van der Waals surface area contributed by atoms with Crippen LogP contribution >= 0.6 is 0 Å². The zero-order valence-electron chi connectivity index (χ0n) is 10.6. The van der Waals surface area contributed by atoms with E-state index in [4.69, 9.17) is 5.11 Å². The number of carbonyl (C=O) groups is 2. The Morgan fingerprint density at radius 2 is 1.83 bits per heavy atom. The Labute approximate surface area is 106 Å². The highest BCUT2D eigenvalue weighted by Crippen LogP contribution is 2.02. The van der Waals surface area contributed by atoms with Gasteiger partial charge in [0.1, 0.15) is 6.04 Å². The molecule has 1 aromatic carbocycles. The highest BCUT2D eigenvalue weighted by atomic mass is 16.4. The fourth-order valence-electron chi connectivity index (χ4n) is 1.36. The quantitative estimate of drug-likeness (QED) is 0.652. The molecule has 1 rings (SSSR count). The van der Waals surface area contributed by atoms with Gasteiger partial charge in [-0.05, 0) is 26.0 Å². The summed E-state index contributed by atoms with van der Waals surface area (Å²) in [6.07, 6.45) is 0. The Hall–Kier alpha value is -1.88. The van der Waals surface area contributed by atoms with Crippen LogP contribution in [0.25, 0.3) is 0 Å². The summed E-state index contributed by atoms with van der Waals surface area (Å²) in [5, 5.41) is 14.1. The van der Waals surface area contributed by atoms with E-state index in [1.54, 1.807) is 19.1 Å². The lowest BCUT2D eigenvalue weighted by Crippen LogP contribution is -2.39.